The van der Waals surface area contributed by atoms with Crippen LogP contribution in [0.25, 0.3) is 0 Å². The summed E-state index contributed by atoms with van der Waals surface area (Å²) in [5, 5.41) is 3.05. The fourth-order valence-corrected chi connectivity index (χ4v) is 24.3. The van der Waals surface area contributed by atoms with Crippen LogP contribution in [0.1, 0.15) is 189 Å². The zero-order valence-electron chi connectivity index (χ0n) is 44.0. The quantitative estimate of drug-likeness (QED) is 0.150. The van der Waals surface area contributed by atoms with E-state index in [1.165, 1.54) is 47.4 Å². The Hall–Kier alpha value is 1.07. The van der Waals surface area contributed by atoms with E-state index < -0.39 is 46.2 Å². The molecule has 0 radical (unpaired) electrons. The smallest absolute Gasteiger partial charge is 0.418 e. The summed E-state index contributed by atoms with van der Waals surface area (Å²) in [7, 11) is -14.3. The molecule has 384 valence electrons. The Labute approximate surface area is 423 Å². The van der Waals surface area contributed by atoms with Crippen molar-refractivity contribution in [1.82, 2.24) is 9.97 Å². The summed E-state index contributed by atoms with van der Waals surface area (Å²) in [6.45, 7) is 57.9. The summed E-state index contributed by atoms with van der Waals surface area (Å²) in [5.74, 6) is 0. The van der Waals surface area contributed by atoms with E-state index in [2.05, 4.69) is 203 Å². The molecule has 0 amide bonds. The van der Waals surface area contributed by atoms with Gasteiger partial charge in [-0.05, 0) is 190 Å². The van der Waals surface area contributed by atoms with Crippen molar-refractivity contribution in [3.05, 3.63) is 59.2 Å². The number of halogens is 8. The van der Waals surface area contributed by atoms with Gasteiger partial charge in [-0.2, -0.15) is 0 Å². The Morgan fingerprint density at radius 2 is 0.422 bits per heavy atom. The summed E-state index contributed by atoms with van der Waals surface area (Å²) < 4.78 is 78.0. The number of aromatic nitrogens is 2. The van der Waals surface area contributed by atoms with Gasteiger partial charge in [-0.25, -0.2) is 0 Å². The van der Waals surface area contributed by atoms with Gasteiger partial charge in [0.25, 0.3) is 0 Å². The Bertz CT molecular complexity index is 1330. The standard InChI is InChI=1S/2C23H43NP2.2Au.2BF4/c2*1-20(2,3)25(21(4,5)6)16-18-14-13-15-19(24-18)17-26(22(7,8)9)23(10,11)12;;;2*2-1(3,4)5/h2*13-15H,16-17H2,1-12H3;;;;/q;;2*+1;2*-1/p+4. The van der Waals surface area contributed by atoms with Gasteiger partial charge in [0, 0.05) is 31.7 Å². The van der Waals surface area contributed by atoms with E-state index in [4.69, 9.17) is 9.97 Å². The first-order chi connectivity index (χ1) is 26.8. The summed E-state index contributed by atoms with van der Waals surface area (Å²) in [4.78, 5) is 10.3. The molecule has 0 N–H and O–H groups in total. The topological polar surface area (TPSA) is 25.8 Å². The summed E-state index contributed by atoms with van der Waals surface area (Å²) >= 11 is 0. The molecule has 18 heteroatoms. The van der Waals surface area contributed by atoms with Crippen molar-refractivity contribution in [3.63, 3.8) is 0 Å². The minimum atomic E-state index is -6.00. The Morgan fingerprint density at radius 3 is 0.516 bits per heavy atom. The van der Waals surface area contributed by atoms with Crippen LogP contribution in [0.2, 0.25) is 0 Å². The second-order valence-electron chi connectivity index (χ2n) is 24.9. The van der Waals surface area contributed by atoms with Crippen molar-refractivity contribution in [1.29, 1.82) is 0 Å². The van der Waals surface area contributed by atoms with Crippen molar-refractivity contribution in [3.8, 4) is 0 Å². The maximum absolute atomic E-state index is 9.75. The third-order valence-electron chi connectivity index (χ3n) is 10.4. The van der Waals surface area contributed by atoms with Gasteiger partial charge in [-0.15, -0.1) is 0 Å². The number of nitrogens with zero attached hydrogens (tertiary/aromatic N) is 2. The summed E-state index contributed by atoms with van der Waals surface area (Å²) in [6.07, 6.45) is 4.66. The van der Waals surface area contributed by atoms with Crippen LogP contribution in [0.15, 0.2) is 36.4 Å². The molecule has 0 aromatic carbocycles. The van der Waals surface area contributed by atoms with E-state index in [0.717, 1.165) is 0 Å². The molecule has 0 unspecified atom stereocenters. The van der Waals surface area contributed by atoms with Crippen molar-refractivity contribution in [2.24, 2.45) is 0 Å². The molecule has 0 fully saturated rings. The fraction of sp³-hybridized carbons (Fsp3) is 0.783. The minimum Gasteiger partial charge on any atom is -0.418 e. The number of pyridine rings is 2. The molecule has 2 rings (SSSR count). The number of hydrogen-bond donors (Lipinski definition) is 0. The van der Waals surface area contributed by atoms with Gasteiger partial charge in [0.1, 0.15) is 0 Å². The molecule has 0 saturated carbocycles. The van der Waals surface area contributed by atoms with Gasteiger partial charge in [0.2, 0.25) is 0 Å². The van der Waals surface area contributed by atoms with E-state index in [-0.39, 0.29) is 44.8 Å². The Morgan fingerprint density at radius 1 is 0.312 bits per heavy atom. The van der Waals surface area contributed by atoms with Crippen LogP contribution in [0.4, 0.5) is 34.5 Å². The van der Waals surface area contributed by atoms with Crippen molar-refractivity contribution >= 4 is 46.2 Å². The fourth-order valence-electron chi connectivity index (χ4n) is 8.80. The predicted molar refractivity (Wildman–Crippen MR) is 275 cm³/mol. The molecule has 0 spiro atoms. The molecule has 0 aliphatic carbocycles. The van der Waals surface area contributed by atoms with Gasteiger partial charge in [-0.1, -0.05) is 12.1 Å². The molecule has 0 bridgehead atoms. The van der Waals surface area contributed by atoms with Crippen molar-refractivity contribution in [2.75, 3.05) is 0 Å². The first-order valence-electron chi connectivity index (χ1n) is 22.0. The van der Waals surface area contributed by atoms with E-state index in [0.29, 0.717) is 41.2 Å². The summed E-state index contributed by atoms with van der Waals surface area (Å²) in [5.41, 5.74) is 5.24. The molecule has 0 aliphatic rings. The molecular formula is C46H90Au2B2F8N2P4+4. The number of rotatable bonds is 8. The van der Waals surface area contributed by atoms with Crippen LogP contribution in [0.3, 0.4) is 0 Å². The van der Waals surface area contributed by atoms with Crippen LogP contribution < -0.4 is 0 Å². The molecule has 0 aliphatic heterocycles. The van der Waals surface area contributed by atoms with Crippen LogP contribution in [0, 0.1) is 0 Å². The normalized spacial score (nSPS) is 13.6. The third-order valence-corrected chi connectivity index (χ3v) is 27.8. The van der Waals surface area contributed by atoms with Crippen LogP contribution in [0.5, 0.6) is 0 Å². The van der Waals surface area contributed by atoms with Gasteiger partial charge in [-0.3, -0.25) is 9.97 Å². The molecule has 2 aromatic heterocycles. The van der Waals surface area contributed by atoms with Crippen molar-refractivity contribution < 1.29 is 79.3 Å². The van der Waals surface area contributed by atoms with Gasteiger partial charge < -0.3 is 34.5 Å². The summed E-state index contributed by atoms with van der Waals surface area (Å²) in [6, 6.07) is 13.5. The van der Waals surface area contributed by atoms with E-state index in [1.807, 2.05) is 0 Å². The molecule has 2 heterocycles. The molecule has 2 nitrogen and oxygen atoms in total. The van der Waals surface area contributed by atoms with Gasteiger partial charge >= 0.3 is 59.3 Å². The Balaban J connectivity index is -0.000000451. The second kappa shape index (κ2) is 27.0. The van der Waals surface area contributed by atoms with E-state index in [9.17, 15) is 34.5 Å². The first-order valence-corrected chi connectivity index (χ1v) is 28.8. The van der Waals surface area contributed by atoms with E-state index in [1.54, 1.807) is 0 Å². The monoisotopic (exact) mass is 1360 g/mol. The van der Waals surface area contributed by atoms with Crippen LogP contribution in [-0.2, 0) is 69.4 Å². The van der Waals surface area contributed by atoms with Crippen molar-refractivity contribution in [2.45, 2.75) is 232 Å². The van der Waals surface area contributed by atoms with Gasteiger partial charge in [0.15, 0.2) is 0 Å². The molecule has 64 heavy (non-hydrogen) atoms. The molecule has 0 saturated heterocycles. The van der Waals surface area contributed by atoms with E-state index >= 15 is 0 Å². The maximum Gasteiger partial charge on any atom is 1.00 e. The Kier molecular flexibility index (Phi) is 30.3. The number of hydrogen-bond acceptors (Lipinski definition) is 2. The third kappa shape index (κ3) is 33.6. The van der Waals surface area contributed by atoms with Crippen LogP contribution in [-0.4, -0.2) is 65.7 Å². The van der Waals surface area contributed by atoms with Gasteiger partial charge in [0.05, 0.1) is 88.7 Å². The SMILES string of the molecule is CC(C)(C)[PH+](Cc1cccc(C[PH+](C(C)(C)C)C(C)(C)C)n1)C(C)(C)C.CC(C)(C)[PH+](Cc1cccc(C[PH+](C(C)(C)C)C(C)(C)C)n1)C(C)(C)C.F[B-](F)(F)F.F[B-](F)(F)F.[Au+].[Au+]. The maximum atomic E-state index is 9.75. The van der Waals surface area contributed by atoms with Crippen LogP contribution >= 0.6 is 31.7 Å². The predicted octanol–water partition coefficient (Wildman–Crippen LogP) is 18.0. The average molecular weight is 1360 g/mol. The first kappa shape index (κ1) is 71.6. The zero-order chi connectivity index (χ0) is 50.1. The molecule has 2 aromatic rings. The minimum absolute atomic E-state index is 0. The second-order valence-corrected chi connectivity index (χ2v) is 42.1. The molecule has 0 atom stereocenters. The molecular weight excluding hydrogens is 1270 g/mol. The zero-order valence-corrected chi connectivity index (χ0v) is 52.3. The average Bonchev–Trinajstić information content (AvgIpc) is 2.95. The largest absolute Gasteiger partial charge is 1.00 e.